The predicted octanol–water partition coefficient (Wildman–Crippen LogP) is 0.796. The number of nitrogens with zero attached hydrogens (tertiary/aromatic N) is 3. The van der Waals surface area contributed by atoms with Crippen LogP contribution in [0.5, 0.6) is 0 Å². The molecule has 0 amide bonds. The third-order valence-corrected chi connectivity index (χ3v) is 4.00. The summed E-state index contributed by atoms with van der Waals surface area (Å²) in [5, 5.41) is 9.85. The number of aliphatic hydroxyl groups is 1. The lowest BCUT2D eigenvalue weighted by atomic mass is 10.3. The Morgan fingerprint density at radius 3 is 2.55 bits per heavy atom. The van der Waals surface area contributed by atoms with Gasteiger partial charge in [0.1, 0.15) is 28.0 Å². The maximum absolute atomic E-state index is 14.0. The van der Waals surface area contributed by atoms with Crippen LogP contribution >= 0.6 is 22.6 Å². The van der Waals surface area contributed by atoms with E-state index in [0.717, 1.165) is 3.57 Å². The highest BCUT2D eigenvalue weighted by atomic mass is 127. The number of aliphatic hydroxyl groups excluding tert-OH is 1. The summed E-state index contributed by atoms with van der Waals surface area (Å²) < 4.78 is 17.6. The normalized spacial score (nSPS) is 13.4. The molecule has 2 rings (SSSR count). The number of hydrogen-bond donors (Lipinski definition) is 1. The minimum absolute atomic E-state index is 0.0235. The van der Waals surface area contributed by atoms with Crippen LogP contribution in [-0.4, -0.2) is 14.2 Å². The molecule has 0 spiro atoms. The van der Waals surface area contributed by atoms with E-state index < -0.39 is 11.4 Å². The van der Waals surface area contributed by atoms with E-state index in [9.17, 15) is 14.3 Å². The standard InChI is InChI=1S/C15H15FIN3O2/c1-8(21)13-14(19(3)9(2)20(4)15(13)22)18-12-6-5-10(17)7-11(12)16/h5-7,21H,2H2,1,3-4H3. The first kappa shape index (κ1) is 16.5. The molecule has 7 heteroatoms. The second kappa shape index (κ2) is 6.07. The van der Waals surface area contributed by atoms with Crippen LogP contribution in [0.15, 0.2) is 28.0 Å². The fourth-order valence-electron chi connectivity index (χ4n) is 2.03. The summed E-state index contributed by atoms with van der Waals surface area (Å²) in [4.78, 5) is 16.5. The van der Waals surface area contributed by atoms with Crippen LogP contribution in [0.3, 0.4) is 0 Å². The first-order valence-corrected chi connectivity index (χ1v) is 7.46. The van der Waals surface area contributed by atoms with Crippen LogP contribution in [0.25, 0.3) is 12.3 Å². The zero-order valence-electron chi connectivity index (χ0n) is 12.4. The Balaban J connectivity index is 3.05. The average Bonchev–Trinajstić information content (AvgIpc) is 2.44. The van der Waals surface area contributed by atoms with Gasteiger partial charge in [-0.25, -0.2) is 9.38 Å². The number of benzene rings is 1. The van der Waals surface area contributed by atoms with Crippen molar-refractivity contribution in [3.05, 3.63) is 54.1 Å². The molecule has 2 aromatic rings. The molecule has 0 bridgehead atoms. The third kappa shape index (κ3) is 2.85. The summed E-state index contributed by atoms with van der Waals surface area (Å²) in [6, 6.07) is 4.58. The second-order valence-corrected chi connectivity index (χ2v) is 6.08. The smallest absolute Gasteiger partial charge is 0.266 e. The van der Waals surface area contributed by atoms with E-state index >= 15 is 0 Å². The van der Waals surface area contributed by atoms with Crippen molar-refractivity contribution in [2.75, 3.05) is 0 Å². The van der Waals surface area contributed by atoms with Gasteiger partial charge in [0.15, 0.2) is 5.49 Å². The van der Waals surface area contributed by atoms with E-state index in [1.54, 1.807) is 20.2 Å². The van der Waals surface area contributed by atoms with Crippen molar-refractivity contribution in [2.45, 2.75) is 6.92 Å². The van der Waals surface area contributed by atoms with Gasteiger partial charge < -0.3 is 9.67 Å². The van der Waals surface area contributed by atoms with E-state index in [-0.39, 0.29) is 22.2 Å². The Bertz CT molecular complexity index is 986. The molecular formula is C15H15FIN3O2. The lowest BCUT2D eigenvalue weighted by molar-refractivity contribution is 0.493. The summed E-state index contributed by atoms with van der Waals surface area (Å²) in [7, 11) is 3.20. The van der Waals surface area contributed by atoms with Crippen LogP contribution < -0.4 is 21.7 Å². The van der Waals surface area contributed by atoms with Crippen molar-refractivity contribution in [1.29, 1.82) is 0 Å². The van der Waals surface area contributed by atoms with Crippen LogP contribution in [-0.2, 0) is 14.1 Å². The number of rotatable bonds is 1. The molecule has 0 saturated carbocycles. The lowest BCUT2D eigenvalue weighted by Gasteiger charge is -2.08. The maximum Gasteiger partial charge on any atom is 0.266 e. The highest BCUT2D eigenvalue weighted by molar-refractivity contribution is 14.1. The Labute approximate surface area is 139 Å². The Hall–Kier alpha value is -1.90. The van der Waals surface area contributed by atoms with E-state index in [4.69, 9.17) is 0 Å². The van der Waals surface area contributed by atoms with Crippen molar-refractivity contribution >= 4 is 40.6 Å². The Morgan fingerprint density at radius 1 is 1.36 bits per heavy atom. The van der Waals surface area contributed by atoms with Gasteiger partial charge in [-0.2, -0.15) is 0 Å². The van der Waals surface area contributed by atoms with Gasteiger partial charge in [-0.1, -0.05) is 6.58 Å². The highest BCUT2D eigenvalue weighted by Crippen LogP contribution is 2.18. The summed E-state index contributed by atoms with van der Waals surface area (Å²) >= 11 is 2.00. The van der Waals surface area contributed by atoms with Gasteiger partial charge in [-0.3, -0.25) is 9.36 Å². The van der Waals surface area contributed by atoms with Crippen molar-refractivity contribution in [2.24, 2.45) is 19.1 Å². The average molecular weight is 415 g/mol. The minimum Gasteiger partial charge on any atom is -0.512 e. The van der Waals surface area contributed by atoms with Crippen molar-refractivity contribution in [3.63, 3.8) is 0 Å². The van der Waals surface area contributed by atoms with Crippen molar-refractivity contribution < 1.29 is 9.50 Å². The van der Waals surface area contributed by atoms with Gasteiger partial charge in [-0.05, 0) is 47.7 Å². The molecule has 0 atom stereocenters. The highest BCUT2D eigenvalue weighted by Gasteiger charge is 2.07. The zero-order valence-corrected chi connectivity index (χ0v) is 14.5. The van der Waals surface area contributed by atoms with E-state index in [2.05, 4.69) is 11.6 Å². The van der Waals surface area contributed by atoms with Crippen LogP contribution in [0.4, 0.5) is 10.1 Å². The molecule has 1 N–H and O–H groups in total. The van der Waals surface area contributed by atoms with E-state index in [1.165, 1.54) is 28.2 Å². The largest absolute Gasteiger partial charge is 0.512 e. The van der Waals surface area contributed by atoms with Gasteiger partial charge in [-0.15, -0.1) is 0 Å². The summed E-state index contributed by atoms with van der Waals surface area (Å²) in [5.74, 6) is -0.680. The molecular weight excluding hydrogens is 400 g/mol. The number of aromatic nitrogens is 2. The molecule has 0 radical (unpaired) electrons. The molecule has 116 valence electrons. The molecule has 0 fully saturated rings. The first-order valence-electron chi connectivity index (χ1n) is 6.38. The number of halogens is 2. The first-order chi connectivity index (χ1) is 10.2. The molecule has 22 heavy (non-hydrogen) atoms. The topological polar surface area (TPSA) is 59.5 Å². The molecule has 0 unspecified atom stereocenters. The minimum atomic E-state index is -0.500. The SMILES string of the molecule is C=c1n(C)c(=O)c(=C(C)O)c(=Nc2ccc(I)cc2F)n1C. The lowest BCUT2D eigenvalue weighted by Crippen LogP contribution is -2.57. The molecule has 0 aliphatic rings. The van der Waals surface area contributed by atoms with Crippen LogP contribution in [0.2, 0.25) is 0 Å². The maximum atomic E-state index is 14.0. The van der Waals surface area contributed by atoms with Gasteiger partial charge in [0.2, 0.25) is 0 Å². The summed E-state index contributed by atoms with van der Waals surface area (Å²) in [6.07, 6.45) is 0. The van der Waals surface area contributed by atoms with E-state index in [1.807, 2.05) is 22.6 Å². The third-order valence-electron chi connectivity index (χ3n) is 3.33. The van der Waals surface area contributed by atoms with Crippen molar-refractivity contribution in [1.82, 2.24) is 9.13 Å². The molecule has 1 aromatic carbocycles. The molecule has 0 aliphatic heterocycles. The second-order valence-electron chi connectivity index (χ2n) is 4.83. The van der Waals surface area contributed by atoms with Gasteiger partial charge in [0.25, 0.3) is 5.56 Å². The zero-order chi connectivity index (χ0) is 16.6. The predicted molar refractivity (Wildman–Crippen MR) is 91.5 cm³/mol. The van der Waals surface area contributed by atoms with E-state index in [0.29, 0.717) is 5.48 Å². The van der Waals surface area contributed by atoms with Gasteiger partial charge >= 0.3 is 0 Å². The molecule has 5 nitrogen and oxygen atoms in total. The van der Waals surface area contributed by atoms with Gasteiger partial charge in [0, 0.05) is 17.7 Å². The van der Waals surface area contributed by atoms with Crippen LogP contribution in [0.1, 0.15) is 6.92 Å². The molecule has 0 aliphatic carbocycles. The fourth-order valence-corrected chi connectivity index (χ4v) is 2.48. The summed E-state index contributed by atoms with van der Waals surface area (Å²) in [6.45, 7) is 5.19. The van der Waals surface area contributed by atoms with Gasteiger partial charge in [0.05, 0.1) is 0 Å². The molecule has 1 aromatic heterocycles. The number of hydrogen-bond acceptors (Lipinski definition) is 3. The van der Waals surface area contributed by atoms with Crippen molar-refractivity contribution in [3.8, 4) is 0 Å². The van der Waals surface area contributed by atoms with Crippen LogP contribution in [0, 0.1) is 9.39 Å². The molecule has 1 heterocycles. The Morgan fingerprint density at radius 2 is 2.00 bits per heavy atom. The quantitative estimate of drug-likeness (QED) is 0.701. The molecule has 0 saturated heterocycles. The Kier molecular flexibility index (Phi) is 4.55. The fraction of sp³-hybridized carbons (Fsp3) is 0.200. The summed E-state index contributed by atoms with van der Waals surface area (Å²) in [5.41, 5.74) is 0.201. The monoisotopic (exact) mass is 415 g/mol.